The van der Waals surface area contributed by atoms with Gasteiger partial charge in [-0.3, -0.25) is 10.2 Å². The highest BCUT2D eigenvalue weighted by Crippen LogP contribution is 2.40. The lowest BCUT2D eigenvalue weighted by Crippen LogP contribution is -2.30. The van der Waals surface area contributed by atoms with E-state index in [1.807, 2.05) is 66.7 Å². The van der Waals surface area contributed by atoms with E-state index in [-0.39, 0.29) is 28.9 Å². The van der Waals surface area contributed by atoms with Gasteiger partial charge in [0, 0.05) is 28.8 Å². The summed E-state index contributed by atoms with van der Waals surface area (Å²) in [6.45, 7) is 14.7. The van der Waals surface area contributed by atoms with Crippen molar-refractivity contribution < 1.29 is 15.0 Å². The second kappa shape index (κ2) is 8.36. The molecule has 5 nitrogen and oxygen atoms in total. The van der Waals surface area contributed by atoms with Crippen molar-refractivity contribution in [2.45, 2.75) is 78.4 Å². The Kier molecular flexibility index (Phi) is 6.27. The molecule has 0 saturated carbocycles. The highest BCUT2D eigenvalue weighted by molar-refractivity contribution is 6.05. The van der Waals surface area contributed by atoms with Gasteiger partial charge in [0.25, 0.3) is 0 Å². The molecule has 0 aliphatic carbocycles. The molecule has 1 aliphatic rings. The van der Waals surface area contributed by atoms with Crippen LogP contribution < -0.4 is 0 Å². The van der Waals surface area contributed by atoms with Crippen LogP contribution in [0.4, 0.5) is 0 Å². The number of phenols is 1. The summed E-state index contributed by atoms with van der Waals surface area (Å²) in [4.78, 5) is 15.1. The van der Waals surface area contributed by atoms with Crippen molar-refractivity contribution >= 4 is 11.6 Å². The molecule has 0 spiro atoms. The summed E-state index contributed by atoms with van der Waals surface area (Å²) in [7, 11) is 0. The van der Waals surface area contributed by atoms with Crippen molar-refractivity contribution in [2.24, 2.45) is 0 Å². The average molecular weight is 437 g/mol. The van der Waals surface area contributed by atoms with Crippen LogP contribution in [0.3, 0.4) is 0 Å². The molecule has 2 aromatic carbocycles. The SMILES string of the molecule is CCC(O)c1ccc2c(c1)C(=N)N(CC(=O)c1cc(C(C)(C)C)c(O)c(C(C)(C)C)c1)C2. The topological polar surface area (TPSA) is 84.6 Å². The number of amidine groups is 1. The molecular formula is C27H36N2O3. The van der Waals surface area contributed by atoms with Crippen LogP contribution in [-0.4, -0.2) is 33.3 Å². The third-order valence-corrected chi connectivity index (χ3v) is 6.22. The fourth-order valence-corrected chi connectivity index (χ4v) is 4.19. The minimum absolute atomic E-state index is 0.0765. The number of hydrogen-bond donors (Lipinski definition) is 3. The standard InChI is InChI=1S/C27H36N2O3/c1-8-22(30)16-9-10-17-14-29(25(28)19(17)11-16)15-23(31)18-12-20(26(2,3)4)24(32)21(13-18)27(5,6)7/h9-13,22,28,30,32H,8,14-15H2,1-7H3. The number of nitrogens with one attached hydrogen (secondary N) is 1. The van der Waals surface area contributed by atoms with Gasteiger partial charge in [-0.2, -0.15) is 0 Å². The molecule has 2 aromatic rings. The quantitative estimate of drug-likeness (QED) is 0.544. The molecule has 1 heterocycles. The molecule has 1 atom stereocenters. The Bertz CT molecular complexity index is 1020. The van der Waals surface area contributed by atoms with Gasteiger partial charge in [0.2, 0.25) is 0 Å². The molecular weight excluding hydrogens is 400 g/mol. The lowest BCUT2D eigenvalue weighted by Gasteiger charge is -2.28. The van der Waals surface area contributed by atoms with E-state index in [4.69, 9.17) is 5.41 Å². The summed E-state index contributed by atoms with van der Waals surface area (Å²) in [5, 5.41) is 29.7. The Balaban J connectivity index is 1.91. The maximum atomic E-state index is 13.3. The van der Waals surface area contributed by atoms with Crippen LogP contribution in [0.5, 0.6) is 5.75 Å². The number of carbonyl (C=O) groups is 1. The Morgan fingerprint density at radius 2 is 1.62 bits per heavy atom. The second-order valence-corrected chi connectivity index (χ2v) is 10.9. The molecule has 32 heavy (non-hydrogen) atoms. The molecule has 0 radical (unpaired) electrons. The molecule has 0 bridgehead atoms. The zero-order valence-corrected chi connectivity index (χ0v) is 20.3. The molecule has 0 fully saturated rings. The zero-order chi connectivity index (χ0) is 24.0. The normalized spacial score (nSPS) is 15.1. The fraction of sp³-hybridized carbons (Fsp3) is 0.481. The predicted octanol–water partition coefficient (Wildman–Crippen LogP) is 5.45. The van der Waals surface area contributed by atoms with Gasteiger partial charge in [-0.05, 0) is 46.6 Å². The first-order valence-corrected chi connectivity index (χ1v) is 11.3. The van der Waals surface area contributed by atoms with E-state index in [0.29, 0.717) is 24.4 Å². The lowest BCUT2D eigenvalue weighted by molar-refractivity contribution is 0.0962. The first-order valence-electron chi connectivity index (χ1n) is 11.3. The number of carbonyl (C=O) groups excluding carboxylic acids is 1. The van der Waals surface area contributed by atoms with Crippen LogP contribution in [-0.2, 0) is 17.4 Å². The Labute approximate surface area is 191 Å². The maximum absolute atomic E-state index is 13.3. The highest BCUT2D eigenvalue weighted by atomic mass is 16.3. The largest absolute Gasteiger partial charge is 0.507 e. The molecule has 3 rings (SSSR count). The van der Waals surface area contributed by atoms with Gasteiger partial charge in [-0.25, -0.2) is 0 Å². The molecule has 0 saturated heterocycles. The van der Waals surface area contributed by atoms with Crippen molar-refractivity contribution in [3.63, 3.8) is 0 Å². The fourth-order valence-electron chi connectivity index (χ4n) is 4.19. The van der Waals surface area contributed by atoms with Crippen LogP contribution in [0.25, 0.3) is 0 Å². The number of rotatable bonds is 5. The van der Waals surface area contributed by atoms with Crippen molar-refractivity contribution in [1.82, 2.24) is 4.90 Å². The number of benzene rings is 2. The number of aliphatic hydroxyl groups is 1. The number of ketones is 1. The van der Waals surface area contributed by atoms with E-state index in [2.05, 4.69) is 0 Å². The lowest BCUT2D eigenvalue weighted by atomic mass is 9.78. The number of aromatic hydroxyl groups is 1. The third kappa shape index (κ3) is 4.58. The number of nitrogens with zero attached hydrogens (tertiary/aromatic N) is 1. The number of aliphatic hydroxyl groups excluding tert-OH is 1. The van der Waals surface area contributed by atoms with Crippen LogP contribution in [0.1, 0.15) is 99.2 Å². The van der Waals surface area contributed by atoms with Crippen LogP contribution in [0.2, 0.25) is 0 Å². The summed E-state index contributed by atoms with van der Waals surface area (Å²) in [5.41, 5.74) is 4.01. The van der Waals surface area contributed by atoms with E-state index in [1.165, 1.54) is 0 Å². The molecule has 0 aromatic heterocycles. The third-order valence-electron chi connectivity index (χ3n) is 6.22. The zero-order valence-electron chi connectivity index (χ0n) is 20.3. The van der Waals surface area contributed by atoms with Crippen molar-refractivity contribution in [3.8, 4) is 5.75 Å². The van der Waals surface area contributed by atoms with E-state index >= 15 is 0 Å². The van der Waals surface area contributed by atoms with Crippen molar-refractivity contribution in [2.75, 3.05) is 6.54 Å². The minimum atomic E-state index is -0.549. The van der Waals surface area contributed by atoms with Gasteiger partial charge < -0.3 is 15.1 Å². The Hall–Kier alpha value is -2.66. The highest BCUT2D eigenvalue weighted by Gasteiger charge is 2.30. The molecule has 1 aliphatic heterocycles. The van der Waals surface area contributed by atoms with Crippen LogP contribution in [0.15, 0.2) is 30.3 Å². The molecule has 172 valence electrons. The minimum Gasteiger partial charge on any atom is -0.507 e. The van der Waals surface area contributed by atoms with Crippen LogP contribution in [0, 0.1) is 5.41 Å². The number of Topliss-reactive ketones (excluding diaryl/α,β-unsaturated/α-hetero) is 1. The van der Waals surface area contributed by atoms with Gasteiger partial charge in [-0.1, -0.05) is 60.6 Å². The Morgan fingerprint density at radius 3 is 2.12 bits per heavy atom. The molecule has 5 heteroatoms. The van der Waals surface area contributed by atoms with E-state index < -0.39 is 6.10 Å². The van der Waals surface area contributed by atoms with Gasteiger partial charge in [0.15, 0.2) is 5.78 Å². The predicted molar refractivity (Wildman–Crippen MR) is 129 cm³/mol. The summed E-state index contributed by atoms with van der Waals surface area (Å²) in [5.74, 6) is 0.488. The molecule has 0 amide bonds. The Morgan fingerprint density at radius 1 is 1.06 bits per heavy atom. The summed E-state index contributed by atoms with van der Waals surface area (Å²) in [6, 6.07) is 9.31. The van der Waals surface area contributed by atoms with Gasteiger partial charge >= 0.3 is 0 Å². The number of hydrogen-bond acceptors (Lipinski definition) is 4. The van der Waals surface area contributed by atoms with Crippen molar-refractivity contribution in [3.05, 3.63) is 63.7 Å². The summed E-state index contributed by atoms with van der Waals surface area (Å²) < 4.78 is 0. The maximum Gasteiger partial charge on any atom is 0.182 e. The molecule has 1 unspecified atom stereocenters. The van der Waals surface area contributed by atoms with Gasteiger partial charge in [0.05, 0.1) is 12.6 Å². The van der Waals surface area contributed by atoms with E-state index in [0.717, 1.165) is 27.8 Å². The number of phenolic OH excluding ortho intramolecular Hbond substituents is 1. The van der Waals surface area contributed by atoms with Gasteiger partial charge in [0.1, 0.15) is 11.6 Å². The smallest absolute Gasteiger partial charge is 0.182 e. The first kappa shape index (κ1) is 24.0. The summed E-state index contributed by atoms with van der Waals surface area (Å²) in [6.07, 6.45) is 0.0638. The van der Waals surface area contributed by atoms with E-state index in [9.17, 15) is 15.0 Å². The van der Waals surface area contributed by atoms with Crippen LogP contribution >= 0.6 is 0 Å². The summed E-state index contributed by atoms with van der Waals surface area (Å²) >= 11 is 0. The monoisotopic (exact) mass is 436 g/mol. The average Bonchev–Trinajstić information content (AvgIpc) is 3.00. The number of fused-ring (bicyclic) bond motifs is 1. The van der Waals surface area contributed by atoms with E-state index in [1.54, 1.807) is 17.0 Å². The second-order valence-electron chi connectivity index (χ2n) is 10.9. The van der Waals surface area contributed by atoms with Gasteiger partial charge in [-0.15, -0.1) is 0 Å². The van der Waals surface area contributed by atoms with Crippen molar-refractivity contribution in [1.29, 1.82) is 5.41 Å². The first-order chi connectivity index (χ1) is 14.7. The molecule has 3 N–H and O–H groups in total.